The Morgan fingerprint density at radius 3 is 3.00 bits per heavy atom. The van der Waals surface area contributed by atoms with Crippen LogP contribution >= 0.6 is 0 Å². The standard InChI is InChI=1S/C11H12N2O3/c1-3-16-11(15)7-4-9-8(10(14)5-7)6-12-13(9)2/h4-6,14H,3H2,1-2H3. The van der Waals surface area contributed by atoms with Crippen LogP contribution in [0.3, 0.4) is 0 Å². The first kappa shape index (κ1) is 10.5. The van der Waals surface area contributed by atoms with E-state index in [0.717, 1.165) is 0 Å². The highest BCUT2D eigenvalue weighted by Crippen LogP contribution is 2.26. The zero-order chi connectivity index (χ0) is 11.7. The lowest BCUT2D eigenvalue weighted by molar-refractivity contribution is 0.0526. The number of fused-ring (bicyclic) bond motifs is 1. The smallest absolute Gasteiger partial charge is 0.338 e. The van der Waals surface area contributed by atoms with Crippen molar-refractivity contribution < 1.29 is 14.6 Å². The van der Waals surface area contributed by atoms with E-state index in [1.165, 1.54) is 6.07 Å². The quantitative estimate of drug-likeness (QED) is 0.778. The Labute approximate surface area is 92.2 Å². The molecular weight excluding hydrogens is 208 g/mol. The highest BCUT2D eigenvalue weighted by Gasteiger charge is 2.12. The highest BCUT2D eigenvalue weighted by atomic mass is 16.5. The molecule has 0 atom stereocenters. The number of benzene rings is 1. The van der Waals surface area contributed by atoms with Gasteiger partial charge in [0.05, 0.1) is 29.3 Å². The van der Waals surface area contributed by atoms with Crippen molar-refractivity contribution in [2.75, 3.05) is 6.61 Å². The Hall–Kier alpha value is -2.04. The van der Waals surface area contributed by atoms with Crippen molar-refractivity contribution in [2.45, 2.75) is 6.92 Å². The van der Waals surface area contributed by atoms with Gasteiger partial charge in [-0.15, -0.1) is 0 Å². The van der Waals surface area contributed by atoms with E-state index >= 15 is 0 Å². The number of aromatic nitrogens is 2. The number of hydrogen-bond acceptors (Lipinski definition) is 4. The average Bonchev–Trinajstić information content (AvgIpc) is 2.61. The third-order valence-corrected chi connectivity index (χ3v) is 2.36. The van der Waals surface area contributed by atoms with E-state index in [0.29, 0.717) is 23.1 Å². The molecule has 1 heterocycles. The number of ether oxygens (including phenoxy) is 1. The summed E-state index contributed by atoms with van der Waals surface area (Å²) in [5.41, 5.74) is 1.03. The maximum Gasteiger partial charge on any atom is 0.338 e. The summed E-state index contributed by atoms with van der Waals surface area (Å²) in [4.78, 5) is 11.5. The minimum atomic E-state index is -0.444. The molecule has 5 nitrogen and oxygen atoms in total. The largest absolute Gasteiger partial charge is 0.507 e. The molecule has 0 amide bonds. The van der Waals surface area contributed by atoms with Crippen LogP contribution in [0.4, 0.5) is 0 Å². The van der Waals surface area contributed by atoms with Gasteiger partial charge >= 0.3 is 5.97 Å². The minimum absolute atomic E-state index is 0.0358. The van der Waals surface area contributed by atoms with Gasteiger partial charge < -0.3 is 9.84 Å². The van der Waals surface area contributed by atoms with Crippen LogP contribution in [0.2, 0.25) is 0 Å². The average molecular weight is 220 g/mol. The number of phenolic OH excluding ortho intramolecular Hbond substituents is 1. The van der Waals surface area contributed by atoms with Crippen molar-refractivity contribution in [3.63, 3.8) is 0 Å². The summed E-state index contributed by atoms with van der Waals surface area (Å²) in [6.07, 6.45) is 1.56. The summed E-state index contributed by atoms with van der Waals surface area (Å²) in [7, 11) is 1.75. The molecule has 84 valence electrons. The lowest BCUT2D eigenvalue weighted by atomic mass is 10.1. The van der Waals surface area contributed by atoms with Crippen molar-refractivity contribution in [3.8, 4) is 5.75 Å². The van der Waals surface area contributed by atoms with E-state index in [4.69, 9.17) is 4.74 Å². The number of phenols is 1. The van der Waals surface area contributed by atoms with Gasteiger partial charge in [0.15, 0.2) is 0 Å². The van der Waals surface area contributed by atoms with Crippen molar-refractivity contribution in [3.05, 3.63) is 23.9 Å². The number of hydrogen-bond donors (Lipinski definition) is 1. The predicted octanol–water partition coefficient (Wildman–Crippen LogP) is 1.46. The molecule has 0 unspecified atom stereocenters. The number of aryl methyl sites for hydroxylation is 1. The fraction of sp³-hybridized carbons (Fsp3) is 0.273. The molecule has 0 aliphatic carbocycles. The zero-order valence-corrected chi connectivity index (χ0v) is 9.10. The number of nitrogens with zero attached hydrogens (tertiary/aromatic N) is 2. The third-order valence-electron chi connectivity index (χ3n) is 2.36. The molecule has 0 radical (unpaired) electrons. The van der Waals surface area contributed by atoms with Crippen molar-refractivity contribution in [2.24, 2.45) is 7.05 Å². The Bertz CT molecular complexity index is 545. The highest BCUT2D eigenvalue weighted by molar-refractivity contribution is 5.96. The molecule has 0 fully saturated rings. The van der Waals surface area contributed by atoms with Gasteiger partial charge in [0.25, 0.3) is 0 Å². The van der Waals surface area contributed by atoms with Gasteiger partial charge in [-0.25, -0.2) is 4.79 Å². The molecule has 0 bridgehead atoms. The Morgan fingerprint density at radius 1 is 1.56 bits per heavy atom. The predicted molar refractivity (Wildman–Crippen MR) is 58.3 cm³/mol. The van der Waals surface area contributed by atoms with Crippen LogP contribution in [0.1, 0.15) is 17.3 Å². The fourth-order valence-electron chi connectivity index (χ4n) is 1.56. The summed E-state index contributed by atoms with van der Waals surface area (Å²) in [6.45, 7) is 2.05. The van der Waals surface area contributed by atoms with Crippen molar-refractivity contribution in [1.29, 1.82) is 0 Å². The topological polar surface area (TPSA) is 64.3 Å². The number of esters is 1. The number of carbonyl (C=O) groups excluding carboxylic acids is 1. The third kappa shape index (κ3) is 1.60. The van der Waals surface area contributed by atoms with Crippen LogP contribution in [0, 0.1) is 0 Å². The van der Waals surface area contributed by atoms with E-state index < -0.39 is 5.97 Å². The molecular formula is C11H12N2O3. The summed E-state index contributed by atoms with van der Waals surface area (Å²) < 4.78 is 6.46. The molecule has 0 aliphatic heterocycles. The van der Waals surface area contributed by atoms with Gasteiger partial charge in [-0.05, 0) is 19.1 Å². The van der Waals surface area contributed by atoms with Crippen molar-refractivity contribution >= 4 is 16.9 Å². The van der Waals surface area contributed by atoms with E-state index in [2.05, 4.69) is 5.10 Å². The summed E-state index contributed by atoms with van der Waals surface area (Å²) in [6, 6.07) is 3.04. The Morgan fingerprint density at radius 2 is 2.31 bits per heavy atom. The molecule has 1 N–H and O–H groups in total. The SMILES string of the molecule is CCOC(=O)c1cc(O)c2cnn(C)c2c1. The van der Waals surface area contributed by atoms with E-state index in [1.54, 1.807) is 30.9 Å². The van der Waals surface area contributed by atoms with Crippen LogP contribution in [-0.2, 0) is 11.8 Å². The maximum atomic E-state index is 11.5. The molecule has 1 aromatic carbocycles. The van der Waals surface area contributed by atoms with Crippen LogP contribution < -0.4 is 0 Å². The molecule has 16 heavy (non-hydrogen) atoms. The van der Waals surface area contributed by atoms with E-state index in [1.807, 2.05) is 0 Å². The molecule has 0 spiro atoms. The van der Waals surface area contributed by atoms with Crippen LogP contribution in [0.15, 0.2) is 18.3 Å². The molecule has 1 aromatic heterocycles. The lowest BCUT2D eigenvalue weighted by Crippen LogP contribution is -2.04. The second-order valence-electron chi connectivity index (χ2n) is 3.42. The molecule has 2 rings (SSSR count). The number of aromatic hydroxyl groups is 1. The first-order chi connectivity index (χ1) is 7.63. The summed E-state index contributed by atoms with van der Waals surface area (Å²) >= 11 is 0. The Kier molecular flexibility index (Phi) is 2.52. The summed E-state index contributed by atoms with van der Waals surface area (Å²) in [5, 5.41) is 14.3. The minimum Gasteiger partial charge on any atom is -0.507 e. The number of rotatable bonds is 2. The summed E-state index contributed by atoms with van der Waals surface area (Å²) in [5.74, 6) is -0.408. The molecule has 0 saturated carbocycles. The number of carbonyl (C=O) groups is 1. The van der Waals surface area contributed by atoms with Crippen LogP contribution in [0.25, 0.3) is 10.9 Å². The normalized spacial score (nSPS) is 10.6. The van der Waals surface area contributed by atoms with Gasteiger partial charge in [0.1, 0.15) is 5.75 Å². The molecule has 2 aromatic rings. The lowest BCUT2D eigenvalue weighted by Gasteiger charge is -2.03. The monoisotopic (exact) mass is 220 g/mol. The first-order valence-electron chi connectivity index (χ1n) is 4.95. The van der Waals surface area contributed by atoms with Gasteiger partial charge in [-0.3, -0.25) is 4.68 Å². The van der Waals surface area contributed by atoms with Crippen LogP contribution in [-0.4, -0.2) is 27.5 Å². The maximum absolute atomic E-state index is 11.5. The first-order valence-corrected chi connectivity index (χ1v) is 4.95. The van der Waals surface area contributed by atoms with Gasteiger partial charge in [0.2, 0.25) is 0 Å². The van der Waals surface area contributed by atoms with E-state index in [9.17, 15) is 9.90 Å². The molecule has 0 saturated heterocycles. The molecule has 0 aliphatic rings. The van der Waals surface area contributed by atoms with E-state index in [-0.39, 0.29) is 5.75 Å². The molecule has 5 heteroatoms. The second kappa shape index (κ2) is 3.84. The Balaban J connectivity index is 2.56. The van der Waals surface area contributed by atoms with Gasteiger partial charge in [-0.2, -0.15) is 5.10 Å². The fourth-order valence-corrected chi connectivity index (χ4v) is 1.56. The van der Waals surface area contributed by atoms with Gasteiger partial charge in [-0.1, -0.05) is 0 Å². The van der Waals surface area contributed by atoms with Gasteiger partial charge in [0, 0.05) is 7.05 Å². The van der Waals surface area contributed by atoms with Crippen molar-refractivity contribution in [1.82, 2.24) is 9.78 Å². The second-order valence-corrected chi connectivity index (χ2v) is 3.42. The van der Waals surface area contributed by atoms with Crippen LogP contribution in [0.5, 0.6) is 5.75 Å². The zero-order valence-electron chi connectivity index (χ0n) is 9.10.